The van der Waals surface area contributed by atoms with E-state index >= 15 is 0 Å². The van der Waals surface area contributed by atoms with Crippen molar-refractivity contribution in [3.05, 3.63) is 59.7 Å². The fourth-order valence-corrected chi connectivity index (χ4v) is 5.15. The molecule has 1 aliphatic carbocycles. The minimum absolute atomic E-state index is 0.0106. The second-order valence-corrected chi connectivity index (χ2v) is 9.33. The molecule has 1 saturated heterocycles. The summed E-state index contributed by atoms with van der Waals surface area (Å²) in [5.41, 5.74) is 4.70. The highest BCUT2D eigenvalue weighted by Gasteiger charge is 2.30. The Labute approximate surface area is 200 Å². The molecule has 34 heavy (non-hydrogen) atoms. The summed E-state index contributed by atoms with van der Waals surface area (Å²) < 4.78 is 5.55. The summed E-state index contributed by atoms with van der Waals surface area (Å²) in [5.74, 6) is -1.03. The highest BCUT2D eigenvalue weighted by molar-refractivity contribution is 5.80. The first kappa shape index (κ1) is 23.8. The van der Waals surface area contributed by atoms with Crippen LogP contribution >= 0.6 is 0 Å². The molecular weight excluding hydrogens is 432 g/mol. The number of amides is 2. The van der Waals surface area contributed by atoms with E-state index in [1.165, 1.54) is 22.3 Å². The lowest BCUT2D eigenvalue weighted by Gasteiger charge is -2.33. The third-order valence-corrected chi connectivity index (χ3v) is 6.91. The lowest BCUT2D eigenvalue weighted by molar-refractivity contribution is -0.142. The molecule has 2 N–H and O–H groups in total. The van der Waals surface area contributed by atoms with Crippen LogP contribution in [0.3, 0.4) is 0 Å². The number of carboxylic acid groups (broad SMARTS) is 1. The van der Waals surface area contributed by atoms with Gasteiger partial charge in [-0.1, -0.05) is 55.5 Å². The van der Waals surface area contributed by atoms with Gasteiger partial charge in [-0.05, 0) is 47.4 Å². The fourth-order valence-electron chi connectivity index (χ4n) is 5.15. The first-order valence-corrected chi connectivity index (χ1v) is 12.0. The van der Waals surface area contributed by atoms with Crippen molar-refractivity contribution in [3.63, 3.8) is 0 Å². The van der Waals surface area contributed by atoms with Crippen LogP contribution < -0.4 is 5.32 Å². The molecular formula is C27H32N2O5. The van der Waals surface area contributed by atoms with Gasteiger partial charge in [-0.15, -0.1) is 0 Å². The third kappa shape index (κ3) is 5.41. The molecule has 2 atom stereocenters. The zero-order valence-electron chi connectivity index (χ0n) is 19.5. The van der Waals surface area contributed by atoms with Gasteiger partial charge in [-0.2, -0.15) is 0 Å². The third-order valence-electron chi connectivity index (χ3n) is 6.91. The largest absolute Gasteiger partial charge is 0.481 e. The van der Waals surface area contributed by atoms with Crippen LogP contribution in [0.5, 0.6) is 0 Å². The van der Waals surface area contributed by atoms with Gasteiger partial charge in [-0.25, -0.2) is 4.79 Å². The normalized spacial score (nSPS) is 18.0. The summed E-state index contributed by atoms with van der Waals surface area (Å²) in [6, 6.07) is 16.4. The number of carboxylic acids is 1. The van der Waals surface area contributed by atoms with Crippen LogP contribution in [0, 0.1) is 11.8 Å². The molecule has 0 spiro atoms. The summed E-state index contributed by atoms with van der Waals surface area (Å²) in [6.07, 6.45) is 1.79. The van der Waals surface area contributed by atoms with E-state index in [1.54, 1.807) is 4.90 Å². The van der Waals surface area contributed by atoms with Crippen LogP contribution in [0.25, 0.3) is 11.1 Å². The fraction of sp³-hybridized carbons (Fsp3) is 0.444. The predicted octanol–water partition coefficient (Wildman–Crippen LogP) is 4.26. The van der Waals surface area contributed by atoms with Crippen LogP contribution in [0.1, 0.15) is 49.7 Å². The van der Waals surface area contributed by atoms with Crippen molar-refractivity contribution in [2.24, 2.45) is 11.8 Å². The van der Waals surface area contributed by atoms with Gasteiger partial charge in [0.1, 0.15) is 6.61 Å². The van der Waals surface area contributed by atoms with Crippen LogP contribution in [0.2, 0.25) is 0 Å². The molecule has 1 aliphatic heterocycles. The monoisotopic (exact) mass is 464 g/mol. The van der Waals surface area contributed by atoms with Crippen molar-refractivity contribution in [3.8, 4) is 11.1 Å². The molecule has 0 aromatic heterocycles. The van der Waals surface area contributed by atoms with E-state index in [0.717, 1.165) is 12.8 Å². The Bertz CT molecular complexity index is 1010. The molecule has 2 aromatic rings. The van der Waals surface area contributed by atoms with E-state index in [4.69, 9.17) is 9.84 Å². The van der Waals surface area contributed by atoms with E-state index in [1.807, 2.05) is 31.2 Å². The maximum atomic E-state index is 12.8. The zero-order valence-corrected chi connectivity index (χ0v) is 19.5. The minimum atomic E-state index is -0.820. The van der Waals surface area contributed by atoms with Crippen LogP contribution in [0.4, 0.5) is 4.79 Å². The molecule has 1 fully saturated rings. The van der Waals surface area contributed by atoms with Crippen LogP contribution in [0.15, 0.2) is 48.5 Å². The number of aliphatic carboxylic acids is 1. The molecule has 180 valence electrons. The number of nitrogens with one attached hydrogen (secondary N) is 1. The Hall–Kier alpha value is -3.35. The number of ether oxygens (including phenoxy) is 1. The number of benzene rings is 2. The van der Waals surface area contributed by atoms with Crippen molar-refractivity contribution in [2.75, 3.05) is 26.2 Å². The average molecular weight is 465 g/mol. The molecule has 0 radical (unpaired) electrons. The Morgan fingerprint density at radius 2 is 1.74 bits per heavy atom. The van der Waals surface area contributed by atoms with Gasteiger partial charge < -0.3 is 20.1 Å². The Balaban J connectivity index is 1.23. The molecule has 2 aliphatic rings. The quantitative estimate of drug-likeness (QED) is 0.608. The highest BCUT2D eigenvalue weighted by Crippen LogP contribution is 2.44. The average Bonchev–Trinajstić information content (AvgIpc) is 3.15. The van der Waals surface area contributed by atoms with E-state index in [2.05, 4.69) is 29.6 Å². The number of carbonyl (C=O) groups is 3. The number of rotatable bonds is 8. The molecule has 2 amide bonds. The van der Waals surface area contributed by atoms with Gasteiger partial charge in [0.05, 0.1) is 0 Å². The number of nitrogens with zero attached hydrogens (tertiary/aromatic N) is 1. The van der Waals surface area contributed by atoms with E-state index < -0.39 is 12.1 Å². The molecule has 1 heterocycles. The molecule has 0 saturated carbocycles. The molecule has 4 rings (SSSR count). The topological polar surface area (TPSA) is 95.9 Å². The molecule has 2 aromatic carbocycles. The molecule has 7 nitrogen and oxygen atoms in total. The highest BCUT2D eigenvalue weighted by atomic mass is 16.5. The van der Waals surface area contributed by atoms with Gasteiger partial charge in [0, 0.05) is 37.9 Å². The predicted molar refractivity (Wildman–Crippen MR) is 128 cm³/mol. The van der Waals surface area contributed by atoms with Gasteiger partial charge in [-0.3, -0.25) is 9.59 Å². The van der Waals surface area contributed by atoms with Crippen LogP contribution in [-0.2, 0) is 14.3 Å². The lowest BCUT2D eigenvalue weighted by atomic mass is 9.93. The molecule has 0 bridgehead atoms. The second-order valence-electron chi connectivity index (χ2n) is 9.33. The van der Waals surface area contributed by atoms with Gasteiger partial charge in [0.25, 0.3) is 0 Å². The summed E-state index contributed by atoms with van der Waals surface area (Å²) in [6.45, 7) is 3.61. The van der Waals surface area contributed by atoms with Crippen molar-refractivity contribution >= 4 is 18.0 Å². The van der Waals surface area contributed by atoms with Gasteiger partial charge in [0.15, 0.2) is 0 Å². The van der Waals surface area contributed by atoms with E-state index in [9.17, 15) is 14.4 Å². The van der Waals surface area contributed by atoms with Crippen LogP contribution in [-0.4, -0.2) is 54.2 Å². The Morgan fingerprint density at radius 3 is 2.38 bits per heavy atom. The Morgan fingerprint density at radius 1 is 1.09 bits per heavy atom. The Kier molecular flexibility index (Phi) is 7.50. The maximum Gasteiger partial charge on any atom is 0.407 e. The van der Waals surface area contributed by atoms with Crippen molar-refractivity contribution in [2.45, 2.75) is 38.5 Å². The number of fused-ring (bicyclic) bond motifs is 3. The minimum Gasteiger partial charge on any atom is -0.481 e. The zero-order chi connectivity index (χ0) is 24.1. The number of carbonyl (C=O) groups excluding carboxylic acids is 2. The van der Waals surface area contributed by atoms with Crippen molar-refractivity contribution in [1.82, 2.24) is 10.2 Å². The first-order chi connectivity index (χ1) is 16.4. The number of hydrogen-bond acceptors (Lipinski definition) is 4. The number of alkyl carbamates (subject to hydrolysis) is 1. The van der Waals surface area contributed by atoms with Crippen molar-refractivity contribution < 1.29 is 24.2 Å². The number of hydrogen-bond donors (Lipinski definition) is 2. The summed E-state index contributed by atoms with van der Waals surface area (Å²) in [5, 5.41) is 11.8. The summed E-state index contributed by atoms with van der Waals surface area (Å²) >= 11 is 0. The number of piperidine rings is 1. The SMILES string of the molecule is CC(CCNC(=O)OCC1c2ccccc2-c2ccccc21)C(=O)N1CCCC(CC(=O)O)C1. The summed E-state index contributed by atoms with van der Waals surface area (Å²) in [7, 11) is 0. The summed E-state index contributed by atoms with van der Waals surface area (Å²) in [4.78, 5) is 37.9. The van der Waals surface area contributed by atoms with Gasteiger partial charge in [0.2, 0.25) is 5.91 Å². The van der Waals surface area contributed by atoms with E-state index in [-0.39, 0.29) is 36.7 Å². The smallest absolute Gasteiger partial charge is 0.407 e. The first-order valence-electron chi connectivity index (χ1n) is 12.0. The lowest BCUT2D eigenvalue weighted by Crippen LogP contribution is -2.43. The maximum absolute atomic E-state index is 12.8. The van der Waals surface area contributed by atoms with E-state index in [0.29, 0.717) is 26.1 Å². The standard InChI is InChI=1S/C27H32N2O5/c1-18(26(32)29-14-6-7-19(16-29)15-25(30)31)12-13-28-27(33)34-17-24-22-10-4-2-8-20(22)21-9-3-5-11-23(21)24/h2-5,8-11,18-19,24H,6-7,12-17H2,1H3,(H,28,33)(H,30,31). The number of likely N-dealkylation sites (tertiary alicyclic amines) is 1. The molecule has 7 heteroatoms. The van der Waals surface area contributed by atoms with Crippen molar-refractivity contribution in [1.29, 1.82) is 0 Å². The van der Waals surface area contributed by atoms with Gasteiger partial charge >= 0.3 is 12.1 Å². The second kappa shape index (κ2) is 10.7. The molecule has 2 unspecified atom stereocenters.